The standard InChI is InChI=1S/C29H28F3NO4S/c1-19-14-23(9-11-26(19)37-17-27(34)35)38(36)33-18-28(12-3-2-4-13-28)24-16-21(8-10-25(24)33)20-6-5-7-22(15-20)29(30,31)32/h5-11,14-16H,2-4,12-13,17-18H2,1H3,(H,34,35). The Balaban J connectivity index is 1.51. The molecule has 0 saturated heterocycles. The maximum atomic E-state index is 13.9. The molecule has 1 aliphatic carbocycles. The SMILES string of the molecule is Cc1cc(S(=O)N2CC3(CCCCC3)c3cc(-c4cccc(C(F)(F)F)c4)ccc32)ccc1OCC(=O)O. The number of ether oxygens (including phenoxy) is 1. The molecule has 1 spiro atoms. The monoisotopic (exact) mass is 543 g/mol. The van der Waals surface area contributed by atoms with Crippen LogP contribution in [-0.2, 0) is 27.4 Å². The highest BCUT2D eigenvalue weighted by Crippen LogP contribution is 2.51. The molecule has 0 aromatic heterocycles. The minimum atomic E-state index is -4.42. The Kier molecular flexibility index (Phi) is 6.98. The number of rotatable bonds is 6. The van der Waals surface area contributed by atoms with Gasteiger partial charge in [-0.15, -0.1) is 0 Å². The van der Waals surface area contributed by atoms with Crippen LogP contribution in [0.15, 0.2) is 65.6 Å². The zero-order valence-corrected chi connectivity index (χ0v) is 21.7. The molecule has 0 radical (unpaired) electrons. The summed E-state index contributed by atoms with van der Waals surface area (Å²) in [7, 11) is -1.53. The van der Waals surface area contributed by atoms with E-state index in [4.69, 9.17) is 9.84 Å². The summed E-state index contributed by atoms with van der Waals surface area (Å²) in [5.41, 5.74) is 2.88. The summed E-state index contributed by atoms with van der Waals surface area (Å²) >= 11 is 0. The van der Waals surface area contributed by atoms with Gasteiger partial charge in [0.15, 0.2) is 17.6 Å². The van der Waals surface area contributed by atoms with Crippen LogP contribution in [0.25, 0.3) is 11.1 Å². The number of benzene rings is 3. The topological polar surface area (TPSA) is 66.8 Å². The average molecular weight is 544 g/mol. The molecule has 0 bridgehead atoms. The van der Waals surface area contributed by atoms with E-state index in [1.807, 2.05) is 16.4 Å². The third kappa shape index (κ3) is 5.04. The van der Waals surface area contributed by atoms with Gasteiger partial charge in [0.25, 0.3) is 0 Å². The minimum absolute atomic E-state index is 0.208. The van der Waals surface area contributed by atoms with Crippen LogP contribution in [0.5, 0.6) is 5.75 Å². The van der Waals surface area contributed by atoms with E-state index in [-0.39, 0.29) is 5.41 Å². The number of aliphatic carboxylic acids is 1. The first-order valence-electron chi connectivity index (χ1n) is 12.5. The number of hydrogen-bond acceptors (Lipinski definition) is 3. The van der Waals surface area contributed by atoms with Crippen LogP contribution < -0.4 is 9.04 Å². The number of alkyl halides is 3. The number of carboxylic acid groups (broad SMARTS) is 1. The molecule has 9 heteroatoms. The molecule has 1 unspecified atom stereocenters. The molecule has 5 nitrogen and oxygen atoms in total. The van der Waals surface area contributed by atoms with Gasteiger partial charge >= 0.3 is 12.1 Å². The fourth-order valence-electron chi connectivity index (χ4n) is 5.64. The second-order valence-electron chi connectivity index (χ2n) is 10.0. The van der Waals surface area contributed by atoms with Crippen molar-refractivity contribution in [3.63, 3.8) is 0 Å². The highest BCUT2D eigenvalue weighted by Gasteiger charge is 2.45. The molecule has 1 heterocycles. The van der Waals surface area contributed by atoms with Gasteiger partial charge in [0, 0.05) is 12.0 Å². The van der Waals surface area contributed by atoms with Crippen molar-refractivity contribution in [3.05, 3.63) is 77.4 Å². The number of fused-ring (bicyclic) bond motifs is 2. The lowest BCUT2D eigenvalue weighted by molar-refractivity contribution is -0.139. The molecule has 3 aromatic carbocycles. The lowest BCUT2D eigenvalue weighted by Gasteiger charge is -2.34. The van der Waals surface area contributed by atoms with E-state index < -0.39 is 35.3 Å². The van der Waals surface area contributed by atoms with Crippen molar-refractivity contribution in [1.82, 2.24) is 0 Å². The van der Waals surface area contributed by atoms with Crippen LogP contribution in [0.3, 0.4) is 0 Å². The zero-order valence-electron chi connectivity index (χ0n) is 20.9. The van der Waals surface area contributed by atoms with Gasteiger partial charge in [-0.05, 0) is 84.5 Å². The molecular weight excluding hydrogens is 515 g/mol. The summed E-state index contributed by atoms with van der Waals surface area (Å²) in [6.45, 7) is 1.89. The molecule has 1 N–H and O–H groups in total. The third-order valence-corrected chi connectivity index (χ3v) is 8.90. The van der Waals surface area contributed by atoms with Crippen molar-refractivity contribution in [2.24, 2.45) is 0 Å². The number of aryl methyl sites for hydroxylation is 1. The first-order valence-corrected chi connectivity index (χ1v) is 13.6. The van der Waals surface area contributed by atoms with Crippen molar-refractivity contribution < 1.29 is 32.0 Å². The molecule has 0 amide bonds. The normalized spacial score (nSPS) is 17.3. The maximum Gasteiger partial charge on any atom is 0.416 e. The Labute approximate surface area is 221 Å². The van der Waals surface area contributed by atoms with Gasteiger partial charge < -0.3 is 9.84 Å². The third-order valence-electron chi connectivity index (χ3n) is 7.52. The van der Waals surface area contributed by atoms with E-state index in [9.17, 15) is 22.2 Å². The fourth-order valence-corrected chi connectivity index (χ4v) is 7.06. The van der Waals surface area contributed by atoms with Gasteiger partial charge in [0.1, 0.15) is 5.75 Å². The lowest BCUT2D eigenvalue weighted by atomic mass is 9.70. The highest BCUT2D eigenvalue weighted by atomic mass is 32.2. The van der Waals surface area contributed by atoms with E-state index in [0.717, 1.165) is 49.4 Å². The van der Waals surface area contributed by atoms with Crippen molar-refractivity contribution in [2.45, 2.75) is 55.5 Å². The molecule has 1 fully saturated rings. The number of nitrogens with zero attached hydrogens (tertiary/aromatic N) is 1. The van der Waals surface area contributed by atoms with Crippen LogP contribution in [-0.4, -0.2) is 28.4 Å². The van der Waals surface area contributed by atoms with Gasteiger partial charge in [0.2, 0.25) is 0 Å². The average Bonchev–Trinajstić information content (AvgIpc) is 3.20. The first kappa shape index (κ1) is 26.3. The van der Waals surface area contributed by atoms with E-state index >= 15 is 0 Å². The Bertz CT molecular complexity index is 1400. The van der Waals surface area contributed by atoms with Crippen LogP contribution in [0, 0.1) is 6.92 Å². The summed E-state index contributed by atoms with van der Waals surface area (Å²) in [6, 6.07) is 16.1. The predicted molar refractivity (Wildman–Crippen MR) is 140 cm³/mol. The molecule has 1 saturated carbocycles. The first-order chi connectivity index (χ1) is 18.1. The van der Waals surface area contributed by atoms with Gasteiger partial charge in [-0.25, -0.2) is 9.00 Å². The molecule has 1 atom stereocenters. The second-order valence-corrected chi connectivity index (χ2v) is 11.5. The van der Waals surface area contributed by atoms with Crippen molar-refractivity contribution >= 4 is 22.6 Å². The van der Waals surface area contributed by atoms with Crippen LogP contribution >= 0.6 is 0 Å². The Morgan fingerprint density at radius 1 is 1.03 bits per heavy atom. The number of anilines is 1. The van der Waals surface area contributed by atoms with E-state index in [0.29, 0.717) is 33.9 Å². The highest BCUT2D eigenvalue weighted by molar-refractivity contribution is 7.86. The number of halogens is 3. The second kappa shape index (κ2) is 10.1. The lowest BCUT2D eigenvalue weighted by Crippen LogP contribution is -2.36. The minimum Gasteiger partial charge on any atom is -0.482 e. The van der Waals surface area contributed by atoms with Gasteiger partial charge in [-0.2, -0.15) is 13.2 Å². The Morgan fingerprint density at radius 3 is 2.45 bits per heavy atom. The number of carbonyl (C=O) groups is 1. The van der Waals surface area contributed by atoms with Crippen LogP contribution in [0.2, 0.25) is 0 Å². The van der Waals surface area contributed by atoms with Crippen molar-refractivity contribution in [3.8, 4) is 16.9 Å². The number of hydrogen-bond donors (Lipinski definition) is 1. The largest absolute Gasteiger partial charge is 0.482 e. The summed E-state index contributed by atoms with van der Waals surface area (Å²) in [5, 5.41) is 8.88. The predicted octanol–water partition coefficient (Wildman–Crippen LogP) is 6.89. The fraction of sp³-hybridized carbons (Fsp3) is 0.345. The Hall–Kier alpha value is -3.33. The number of carboxylic acids is 1. The quantitative estimate of drug-likeness (QED) is 0.368. The zero-order chi connectivity index (χ0) is 27.1. The van der Waals surface area contributed by atoms with Crippen LogP contribution in [0.1, 0.15) is 48.8 Å². The molecule has 3 aromatic rings. The summed E-state index contributed by atoms with van der Waals surface area (Å²) in [6.07, 6.45) is 0.661. The maximum absolute atomic E-state index is 13.9. The smallest absolute Gasteiger partial charge is 0.416 e. The van der Waals surface area contributed by atoms with E-state index in [1.54, 1.807) is 37.3 Å². The molecule has 200 valence electrons. The Morgan fingerprint density at radius 2 is 1.76 bits per heavy atom. The van der Waals surface area contributed by atoms with E-state index in [2.05, 4.69) is 0 Å². The van der Waals surface area contributed by atoms with Crippen molar-refractivity contribution in [2.75, 3.05) is 17.5 Å². The molecule has 1 aliphatic heterocycles. The van der Waals surface area contributed by atoms with Crippen molar-refractivity contribution in [1.29, 1.82) is 0 Å². The molecule has 2 aliphatic rings. The summed E-state index contributed by atoms with van der Waals surface area (Å²) < 4.78 is 61.1. The molecule has 5 rings (SSSR count). The summed E-state index contributed by atoms with van der Waals surface area (Å²) in [4.78, 5) is 11.4. The van der Waals surface area contributed by atoms with Gasteiger partial charge in [0.05, 0.1) is 16.1 Å². The molecular formula is C29H28F3NO4S. The molecule has 38 heavy (non-hydrogen) atoms. The van der Waals surface area contributed by atoms with Gasteiger partial charge in [-0.1, -0.05) is 37.5 Å². The summed E-state index contributed by atoms with van der Waals surface area (Å²) in [5.74, 6) is -0.655. The van der Waals surface area contributed by atoms with E-state index in [1.165, 1.54) is 12.1 Å². The van der Waals surface area contributed by atoms with Gasteiger partial charge in [-0.3, -0.25) is 4.31 Å². The van der Waals surface area contributed by atoms with Crippen LogP contribution in [0.4, 0.5) is 18.9 Å².